The molecule has 9 heteroatoms. The van der Waals surface area contributed by atoms with Crippen LogP contribution in [0.25, 0.3) is 0 Å². The highest BCUT2D eigenvalue weighted by atomic mass is 35.5. The molecule has 4 N–H and O–H groups in total. The monoisotopic (exact) mass is 380 g/mol. The minimum absolute atomic E-state index is 0. The minimum Gasteiger partial charge on any atom is -0.347 e. The predicted molar refractivity (Wildman–Crippen MR) is 98.3 cm³/mol. The predicted octanol–water partition coefficient (Wildman–Crippen LogP) is 1.44. The SMILES string of the molecule is Cl.NC(CNC(=O)C1=NS(=O)(=O)c2ccccc2N1)c1ccccc1. The number of hydrogen-bond donors (Lipinski definition) is 3. The quantitative estimate of drug-likeness (QED) is 0.742. The first-order valence-electron chi connectivity index (χ1n) is 7.27. The zero-order chi connectivity index (χ0) is 17.2. The molecule has 1 atom stereocenters. The van der Waals surface area contributed by atoms with E-state index in [1.807, 2.05) is 30.3 Å². The summed E-state index contributed by atoms with van der Waals surface area (Å²) in [6.07, 6.45) is 0. The van der Waals surface area contributed by atoms with E-state index in [9.17, 15) is 13.2 Å². The van der Waals surface area contributed by atoms with Gasteiger partial charge in [0.1, 0.15) is 4.90 Å². The number of nitrogens with two attached hydrogens (primary N) is 1. The number of hydrogen-bond acceptors (Lipinski definition) is 5. The van der Waals surface area contributed by atoms with Crippen LogP contribution in [0.3, 0.4) is 0 Å². The van der Waals surface area contributed by atoms with E-state index in [1.54, 1.807) is 18.2 Å². The molecule has 7 nitrogen and oxygen atoms in total. The van der Waals surface area contributed by atoms with Crippen molar-refractivity contribution in [1.82, 2.24) is 5.32 Å². The largest absolute Gasteiger partial charge is 0.347 e. The Morgan fingerprint density at radius 2 is 1.76 bits per heavy atom. The Balaban J connectivity index is 0.00000225. The minimum atomic E-state index is -3.89. The number of halogens is 1. The van der Waals surface area contributed by atoms with Crippen LogP contribution in [0.2, 0.25) is 0 Å². The molecule has 132 valence electrons. The van der Waals surface area contributed by atoms with Gasteiger partial charge in [-0.05, 0) is 17.7 Å². The standard InChI is InChI=1S/C16H16N4O3S.ClH/c17-12(11-6-2-1-3-7-11)10-18-16(21)15-19-13-8-4-5-9-14(13)24(22,23)20-15;/h1-9,12H,10,17H2,(H,18,21)(H,19,20);1H. The number of benzene rings is 2. The van der Waals surface area contributed by atoms with E-state index in [-0.39, 0.29) is 29.7 Å². The van der Waals surface area contributed by atoms with Crippen LogP contribution in [0, 0.1) is 0 Å². The van der Waals surface area contributed by atoms with E-state index in [2.05, 4.69) is 15.0 Å². The van der Waals surface area contributed by atoms with Crippen molar-refractivity contribution >= 4 is 39.9 Å². The van der Waals surface area contributed by atoms with Crippen LogP contribution in [0.1, 0.15) is 11.6 Å². The van der Waals surface area contributed by atoms with Gasteiger partial charge in [-0.2, -0.15) is 8.42 Å². The van der Waals surface area contributed by atoms with Crippen LogP contribution in [-0.4, -0.2) is 26.7 Å². The molecule has 0 bridgehead atoms. The Kier molecular flexibility index (Phi) is 5.78. The molecule has 0 radical (unpaired) electrons. The zero-order valence-corrected chi connectivity index (χ0v) is 14.7. The number of anilines is 1. The molecule has 1 aliphatic heterocycles. The fourth-order valence-electron chi connectivity index (χ4n) is 2.32. The van der Waals surface area contributed by atoms with E-state index >= 15 is 0 Å². The Bertz CT molecular complexity index is 901. The molecule has 0 saturated carbocycles. The normalized spacial score (nSPS) is 15.6. The van der Waals surface area contributed by atoms with E-state index in [1.165, 1.54) is 6.07 Å². The van der Waals surface area contributed by atoms with Crippen molar-refractivity contribution in [1.29, 1.82) is 0 Å². The molecule has 0 spiro atoms. The summed E-state index contributed by atoms with van der Waals surface area (Å²) in [4.78, 5) is 12.3. The lowest BCUT2D eigenvalue weighted by molar-refractivity contribution is -0.114. The molecule has 1 heterocycles. The van der Waals surface area contributed by atoms with Gasteiger partial charge in [-0.3, -0.25) is 4.79 Å². The lowest BCUT2D eigenvalue weighted by Gasteiger charge is -2.18. The number of amidine groups is 1. The molecular weight excluding hydrogens is 364 g/mol. The maximum atomic E-state index is 12.2. The second kappa shape index (κ2) is 7.64. The Morgan fingerprint density at radius 1 is 1.12 bits per heavy atom. The Morgan fingerprint density at radius 3 is 2.48 bits per heavy atom. The first kappa shape index (κ1) is 18.9. The second-order valence-corrected chi connectivity index (χ2v) is 6.84. The third-order valence-corrected chi connectivity index (χ3v) is 4.89. The van der Waals surface area contributed by atoms with Crippen LogP contribution < -0.4 is 16.4 Å². The van der Waals surface area contributed by atoms with Gasteiger partial charge in [-0.15, -0.1) is 16.8 Å². The fourth-order valence-corrected chi connectivity index (χ4v) is 3.43. The van der Waals surface area contributed by atoms with Gasteiger partial charge < -0.3 is 16.4 Å². The summed E-state index contributed by atoms with van der Waals surface area (Å²) in [5.41, 5.74) is 7.20. The number of nitrogens with zero attached hydrogens (tertiary/aromatic N) is 1. The Labute approximate surface area is 151 Å². The van der Waals surface area contributed by atoms with Gasteiger partial charge in [0.25, 0.3) is 15.9 Å². The summed E-state index contributed by atoms with van der Waals surface area (Å²) in [5.74, 6) is -0.895. The third-order valence-electron chi connectivity index (χ3n) is 3.55. The third kappa shape index (κ3) is 4.16. The zero-order valence-electron chi connectivity index (χ0n) is 13.0. The van der Waals surface area contributed by atoms with Gasteiger partial charge in [-0.1, -0.05) is 42.5 Å². The van der Waals surface area contributed by atoms with Gasteiger partial charge in [-0.25, -0.2) is 0 Å². The lowest BCUT2D eigenvalue weighted by atomic mass is 10.1. The van der Waals surface area contributed by atoms with E-state index in [0.717, 1.165) is 5.56 Å². The lowest BCUT2D eigenvalue weighted by Crippen LogP contribution is -2.41. The number of nitrogens with one attached hydrogen (secondary N) is 2. The summed E-state index contributed by atoms with van der Waals surface area (Å²) in [7, 11) is -3.89. The molecule has 0 fully saturated rings. The van der Waals surface area contributed by atoms with Crippen LogP contribution in [0.4, 0.5) is 5.69 Å². The first-order chi connectivity index (χ1) is 11.5. The van der Waals surface area contributed by atoms with Gasteiger partial charge in [0.2, 0.25) is 5.84 Å². The maximum absolute atomic E-state index is 12.2. The van der Waals surface area contributed by atoms with Gasteiger partial charge in [0, 0.05) is 12.6 Å². The summed E-state index contributed by atoms with van der Waals surface area (Å²) in [6, 6.07) is 15.2. The molecule has 0 aliphatic carbocycles. The number of carbonyl (C=O) groups is 1. The maximum Gasteiger partial charge on any atom is 0.287 e. The molecular formula is C16H17ClN4O3S. The molecule has 2 aromatic carbocycles. The van der Waals surface area contributed by atoms with E-state index in [0.29, 0.717) is 5.69 Å². The molecule has 0 aromatic heterocycles. The highest BCUT2D eigenvalue weighted by Crippen LogP contribution is 2.26. The van der Waals surface area contributed by atoms with Crippen LogP contribution in [0.15, 0.2) is 63.9 Å². The topological polar surface area (TPSA) is 114 Å². The number of para-hydroxylation sites is 1. The van der Waals surface area contributed by atoms with Crippen LogP contribution in [-0.2, 0) is 14.8 Å². The average molecular weight is 381 g/mol. The van der Waals surface area contributed by atoms with Crippen molar-refractivity contribution in [3.63, 3.8) is 0 Å². The highest BCUT2D eigenvalue weighted by Gasteiger charge is 2.27. The molecule has 2 aromatic rings. The summed E-state index contributed by atoms with van der Waals surface area (Å²) < 4.78 is 27.8. The average Bonchev–Trinajstić information content (AvgIpc) is 2.59. The van der Waals surface area contributed by atoms with Gasteiger partial charge >= 0.3 is 0 Å². The summed E-state index contributed by atoms with van der Waals surface area (Å²) >= 11 is 0. The van der Waals surface area contributed by atoms with Crippen molar-refractivity contribution in [3.8, 4) is 0 Å². The number of carbonyl (C=O) groups excluding carboxylic acids is 1. The molecule has 1 aliphatic rings. The number of sulfonamides is 1. The van der Waals surface area contributed by atoms with Crippen molar-refractivity contribution in [2.24, 2.45) is 10.1 Å². The number of fused-ring (bicyclic) bond motifs is 1. The van der Waals surface area contributed by atoms with Gasteiger partial charge in [0.15, 0.2) is 0 Å². The van der Waals surface area contributed by atoms with E-state index < -0.39 is 22.0 Å². The Hall–Kier alpha value is -2.42. The van der Waals surface area contributed by atoms with Crippen molar-refractivity contribution in [2.45, 2.75) is 10.9 Å². The second-order valence-electron chi connectivity index (χ2n) is 5.26. The van der Waals surface area contributed by atoms with Crippen molar-refractivity contribution < 1.29 is 13.2 Å². The molecule has 25 heavy (non-hydrogen) atoms. The molecule has 3 rings (SSSR count). The molecule has 1 amide bonds. The first-order valence-corrected chi connectivity index (χ1v) is 8.71. The van der Waals surface area contributed by atoms with E-state index in [4.69, 9.17) is 5.73 Å². The van der Waals surface area contributed by atoms with Crippen LogP contribution in [0.5, 0.6) is 0 Å². The van der Waals surface area contributed by atoms with Crippen LogP contribution >= 0.6 is 12.4 Å². The van der Waals surface area contributed by atoms with Gasteiger partial charge in [0.05, 0.1) is 5.69 Å². The van der Waals surface area contributed by atoms with Crippen molar-refractivity contribution in [2.75, 3.05) is 11.9 Å². The fraction of sp³-hybridized carbons (Fsp3) is 0.125. The number of rotatable bonds is 4. The smallest absolute Gasteiger partial charge is 0.287 e. The molecule has 0 saturated heterocycles. The highest BCUT2D eigenvalue weighted by molar-refractivity contribution is 7.90. The number of amides is 1. The van der Waals surface area contributed by atoms with Crippen molar-refractivity contribution in [3.05, 3.63) is 60.2 Å². The summed E-state index contributed by atoms with van der Waals surface area (Å²) in [6.45, 7) is 0.158. The summed E-state index contributed by atoms with van der Waals surface area (Å²) in [5, 5.41) is 5.33. The molecule has 1 unspecified atom stereocenters.